The van der Waals surface area contributed by atoms with E-state index in [2.05, 4.69) is 15.5 Å². The minimum atomic E-state index is -0.383. The first-order valence-electron chi connectivity index (χ1n) is 7.09. The van der Waals surface area contributed by atoms with E-state index in [1.54, 1.807) is 18.2 Å². The van der Waals surface area contributed by atoms with Crippen LogP contribution in [-0.4, -0.2) is 15.1 Å². The lowest BCUT2D eigenvalue weighted by Crippen LogP contribution is -2.19. The Bertz CT molecular complexity index is 661. The molecular weight excluding hydrogens is 284 g/mol. The molecule has 0 aliphatic carbocycles. The Morgan fingerprint density at radius 1 is 1.36 bits per heavy atom. The van der Waals surface area contributed by atoms with Crippen molar-refractivity contribution in [3.05, 3.63) is 51.7 Å². The summed E-state index contributed by atoms with van der Waals surface area (Å²) in [6.45, 7) is 8.26. The number of nitrogens with one attached hydrogen (secondary N) is 1. The summed E-state index contributed by atoms with van der Waals surface area (Å²) in [5, 5.41) is 18.1. The van der Waals surface area contributed by atoms with E-state index in [0.717, 1.165) is 0 Å². The largest absolute Gasteiger partial charge is 0.338 e. The smallest absolute Gasteiger partial charge is 0.273 e. The first-order valence-corrected chi connectivity index (χ1v) is 7.09. The first-order chi connectivity index (χ1) is 10.3. The molecule has 0 fully saturated rings. The third-order valence-corrected chi connectivity index (χ3v) is 3.27. The molecule has 0 aliphatic heterocycles. The minimum Gasteiger partial charge on any atom is -0.338 e. The molecule has 1 N–H and O–H groups in total. The molecule has 0 bridgehead atoms. The second-order valence-corrected chi connectivity index (χ2v) is 6.19. The molecule has 2 aromatic rings. The molecule has 0 saturated heterocycles. The lowest BCUT2D eigenvalue weighted by molar-refractivity contribution is -0.385. The predicted octanol–water partition coefficient (Wildman–Crippen LogP) is 3.13. The number of nitro benzene ring substituents is 1. The Labute approximate surface area is 128 Å². The van der Waals surface area contributed by atoms with Gasteiger partial charge in [-0.05, 0) is 6.92 Å². The van der Waals surface area contributed by atoms with Gasteiger partial charge in [-0.15, -0.1) is 0 Å². The van der Waals surface area contributed by atoms with E-state index >= 15 is 0 Å². The molecule has 1 atom stereocenters. The van der Waals surface area contributed by atoms with Crippen molar-refractivity contribution in [3.63, 3.8) is 0 Å². The van der Waals surface area contributed by atoms with Gasteiger partial charge in [0.2, 0.25) is 5.89 Å². The van der Waals surface area contributed by atoms with Crippen molar-refractivity contribution in [1.29, 1.82) is 0 Å². The van der Waals surface area contributed by atoms with Crippen LogP contribution in [0.15, 0.2) is 28.8 Å². The fourth-order valence-electron chi connectivity index (χ4n) is 1.90. The van der Waals surface area contributed by atoms with E-state index in [1.807, 2.05) is 27.7 Å². The average Bonchev–Trinajstić information content (AvgIpc) is 2.95. The third kappa shape index (κ3) is 3.67. The highest BCUT2D eigenvalue weighted by Crippen LogP contribution is 2.22. The van der Waals surface area contributed by atoms with Crippen LogP contribution < -0.4 is 5.32 Å². The van der Waals surface area contributed by atoms with Crippen LogP contribution in [0.25, 0.3) is 0 Å². The molecule has 0 amide bonds. The molecule has 1 aromatic carbocycles. The summed E-state index contributed by atoms with van der Waals surface area (Å²) in [6, 6.07) is 6.46. The highest BCUT2D eigenvalue weighted by Gasteiger charge is 2.23. The van der Waals surface area contributed by atoms with Gasteiger partial charge in [0.1, 0.15) is 0 Å². The molecule has 1 heterocycles. The fourth-order valence-corrected chi connectivity index (χ4v) is 1.90. The van der Waals surface area contributed by atoms with Crippen LogP contribution in [0, 0.1) is 10.1 Å². The molecule has 0 spiro atoms. The van der Waals surface area contributed by atoms with E-state index < -0.39 is 0 Å². The number of rotatable bonds is 5. The fraction of sp³-hybridized carbons (Fsp3) is 0.467. The Hall–Kier alpha value is -2.28. The van der Waals surface area contributed by atoms with Gasteiger partial charge in [-0.25, -0.2) is 0 Å². The van der Waals surface area contributed by atoms with E-state index in [4.69, 9.17) is 4.52 Å². The highest BCUT2D eigenvalue weighted by atomic mass is 16.6. The van der Waals surface area contributed by atoms with Gasteiger partial charge in [0, 0.05) is 23.6 Å². The molecule has 22 heavy (non-hydrogen) atoms. The molecule has 7 nitrogen and oxygen atoms in total. The number of aromatic nitrogens is 2. The molecule has 1 unspecified atom stereocenters. The van der Waals surface area contributed by atoms with Crippen LogP contribution in [-0.2, 0) is 12.0 Å². The summed E-state index contributed by atoms with van der Waals surface area (Å²) < 4.78 is 5.26. The average molecular weight is 304 g/mol. The molecule has 0 saturated carbocycles. The number of nitrogens with zero attached hydrogens (tertiary/aromatic N) is 3. The van der Waals surface area contributed by atoms with Gasteiger partial charge in [0.15, 0.2) is 5.82 Å². The first kappa shape index (κ1) is 16.1. The number of benzene rings is 1. The lowest BCUT2D eigenvalue weighted by atomic mass is 9.96. The molecule has 118 valence electrons. The number of hydrogen-bond donors (Lipinski definition) is 1. The van der Waals surface area contributed by atoms with Crippen LogP contribution in [0.5, 0.6) is 0 Å². The van der Waals surface area contributed by atoms with Crippen LogP contribution in [0.1, 0.15) is 51.0 Å². The molecule has 0 radical (unpaired) electrons. The highest BCUT2D eigenvalue weighted by molar-refractivity contribution is 5.39. The zero-order chi connectivity index (χ0) is 16.3. The van der Waals surface area contributed by atoms with Crippen molar-refractivity contribution in [2.75, 3.05) is 0 Å². The summed E-state index contributed by atoms with van der Waals surface area (Å²) in [5.74, 6) is 1.12. The van der Waals surface area contributed by atoms with Gasteiger partial charge in [-0.3, -0.25) is 10.1 Å². The van der Waals surface area contributed by atoms with Gasteiger partial charge >= 0.3 is 0 Å². The van der Waals surface area contributed by atoms with Crippen molar-refractivity contribution >= 4 is 5.69 Å². The molecule has 7 heteroatoms. The summed E-state index contributed by atoms with van der Waals surface area (Å²) >= 11 is 0. The number of nitro groups is 1. The monoisotopic (exact) mass is 304 g/mol. The topological polar surface area (TPSA) is 94.1 Å². The van der Waals surface area contributed by atoms with E-state index in [9.17, 15) is 10.1 Å². The summed E-state index contributed by atoms with van der Waals surface area (Å²) in [6.07, 6.45) is 0. The van der Waals surface area contributed by atoms with Crippen LogP contribution in [0.3, 0.4) is 0 Å². The Morgan fingerprint density at radius 2 is 2.05 bits per heavy atom. The minimum absolute atomic E-state index is 0.100. The second kappa shape index (κ2) is 6.23. The normalized spacial score (nSPS) is 13.1. The zero-order valence-corrected chi connectivity index (χ0v) is 13.2. The Balaban J connectivity index is 2.06. The van der Waals surface area contributed by atoms with Crippen LogP contribution >= 0.6 is 0 Å². The quantitative estimate of drug-likeness (QED) is 0.673. The number of para-hydroxylation sites is 1. The molecule has 2 rings (SSSR count). The van der Waals surface area contributed by atoms with Crippen molar-refractivity contribution in [1.82, 2.24) is 15.5 Å². The second-order valence-electron chi connectivity index (χ2n) is 6.19. The molecule has 1 aromatic heterocycles. The van der Waals surface area contributed by atoms with Crippen molar-refractivity contribution < 1.29 is 9.45 Å². The van der Waals surface area contributed by atoms with Gasteiger partial charge in [-0.2, -0.15) is 4.98 Å². The van der Waals surface area contributed by atoms with Gasteiger partial charge in [-0.1, -0.05) is 44.1 Å². The number of hydrogen-bond acceptors (Lipinski definition) is 6. The molecular formula is C15H20N4O3. The van der Waals surface area contributed by atoms with E-state index in [0.29, 0.717) is 23.8 Å². The van der Waals surface area contributed by atoms with Crippen LogP contribution in [0.2, 0.25) is 0 Å². The summed E-state index contributed by atoms with van der Waals surface area (Å²) in [7, 11) is 0. The summed E-state index contributed by atoms with van der Waals surface area (Å²) in [5.41, 5.74) is 0.540. The Kier molecular flexibility index (Phi) is 4.56. The standard InChI is InChI=1S/C15H20N4O3/c1-10(13-17-14(18-22-13)15(2,3)4)16-9-11-7-5-6-8-12(11)19(20)21/h5-8,10,16H,9H2,1-4H3. The van der Waals surface area contributed by atoms with Gasteiger partial charge < -0.3 is 9.84 Å². The summed E-state index contributed by atoms with van der Waals surface area (Å²) in [4.78, 5) is 15.0. The van der Waals surface area contributed by atoms with Gasteiger partial charge in [0.25, 0.3) is 5.69 Å². The Morgan fingerprint density at radius 3 is 2.64 bits per heavy atom. The van der Waals surface area contributed by atoms with Gasteiger partial charge in [0.05, 0.1) is 11.0 Å². The SMILES string of the molecule is CC(NCc1ccccc1[N+](=O)[O-])c1nc(C(C)(C)C)no1. The maximum Gasteiger partial charge on any atom is 0.273 e. The lowest BCUT2D eigenvalue weighted by Gasteiger charge is -2.12. The van der Waals surface area contributed by atoms with E-state index in [1.165, 1.54) is 6.07 Å². The molecule has 0 aliphatic rings. The van der Waals surface area contributed by atoms with Crippen molar-refractivity contribution in [2.24, 2.45) is 0 Å². The zero-order valence-electron chi connectivity index (χ0n) is 13.2. The maximum atomic E-state index is 11.0. The van der Waals surface area contributed by atoms with E-state index in [-0.39, 0.29) is 22.1 Å². The third-order valence-electron chi connectivity index (χ3n) is 3.27. The van der Waals surface area contributed by atoms with Crippen LogP contribution in [0.4, 0.5) is 5.69 Å². The van der Waals surface area contributed by atoms with Crippen molar-refractivity contribution in [3.8, 4) is 0 Å². The predicted molar refractivity (Wildman–Crippen MR) is 81.3 cm³/mol. The van der Waals surface area contributed by atoms with Crippen molar-refractivity contribution in [2.45, 2.75) is 45.7 Å². The maximum absolute atomic E-state index is 11.0.